The van der Waals surface area contributed by atoms with Crippen molar-refractivity contribution in [2.24, 2.45) is 0 Å². The molecule has 2 aromatic carbocycles. The summed E-state index contributed by atoms with van der Waals surface area (Å²) in [6.07, 6.45) is 5.25. The highest BCUT2D eigenvalue weighted by Crippen LogP contribution is 2.36. The highest BCUT2D eigenvalue weighted by molar-refractivity contribution is 6.09. The minimum Gasteiger partial charge on any atom is -0.371 e. The first-order chi connectivity index (χ1) is 11.3. The molecule has 0 fully saturated rings. The number of ketones is 1. The van der Waals surface area contributed by atoms with Gasteiger partial charge in [-0.3, -0.25) is 9.59 Å². The molecule has 0 amide bonds. The maximum absolute atomic E-state index is 12.8. The van der Waals surface area contributed by atoms with E-state index in [-0.39, 0.29) is 5.78 Å². The zero-order chi connectivity index (χ0) is 15.8. The first kappa shape index (κ1) is 14.2. The van der Waals surface area contributed by atoms with Gasteiger partial charge in [0.1, 0.15) is 6.29 Å². The number of carbonyl (C=O) groups is 2. The minimum absolute atomic E-state index is 0.0456. The number of nitrogens with zero attached hydrogens (tertiary/aromatic N) is 1. The summed E-state index contributed by atoms with van der Waals surface area (Å²) in [4.78, 5) is 26.0. The molecule has 116 valence electrons. The number of carbonyl (C=O) groups excluding carboxylic acids is 2. The highest BCUT2D eigenvalue weighted by atomic mass is 16.1. The quantitative estimate of drug-likeness (QED) is 0.644. The van der Waals surface area contributed by atoms with Crippen LogP contribution in [-0.4, -0.2) is 25.2 Å². The fraction of sp³-hybridized carbons (Fsp3) is 0.300. The Morgan fingerprint density at radius 1 is 0.913 bits per heavy atom. The van der Waals surface area contributed by atoms with Crippen LogP contribution in [-0.2, 0) is 12.8 Å². The van der Waals surface area contributed by atoms with Gasteiger partial charge < -0.3 is 4.90 Å². The van der Waals surface area contributed by atoms with Gasteiger partial charge in [-0.25, -0.2) is 0 Å². The molecule has 23 heavy (non-hydrogen) atoms. The van der Waals surface area contributed by atoms with E-state index in [1.54, 1.807) is 24.3 Å². The number of anilines is 1. The molecule has 0 atom stereocenters. The Kier molecular flexibility index (Phi) is 3.49. The number of hydrogen-bond acceptors (Lipinski definition) is 3. The lowest BCUT2D eigenvalue weighted by Gasteiger charge is -2.37. The number of aryl methyl sites for hydroxylation is 2. The summed E-state index contributed by atoms with van der Waals surface area (Å²) in [5, 5.41) is 0. The van der Waals surface area contributed by atoms with Gasteiger partial charge in [-0.2, -0.15) is 0 Å². The first-order valence-corrected chi connectivity index (χ1v) is 8.27. The summed E-state index contributed by atoms with van der Waals surface area (Å²) >= 11 is 0. The van der Waals surface area contributed by atoms with Crippen LogP contribution < -0.4 is 4.90 Å². The zero-order valence-electron chi connectivity index (χ0n) is 13.0. The Hall–Kier alpha value is -2.42. The lowest BCUT2D eigenvalue weighted by molar-refractivity contribution is 0.103. The van der Waals surface area contributed by atoms with Gasteiger partial charge in [-0.15, -0.1) is 0 Å². The molecule has 0 aromatic heterocycles. The third-order valence-corrected chi connectivity index (χ3v) is 4.90. The molecule has 0 unspecified atom stereocenters. The molecule has 0 saturated heterocycles. The number of rotatable bonds is 3. The standard InChI is InChI=1S/C20H19NO2/c22-13-14-5-7-15(8-6-14)20(23)18-11-16-3-1-9-21-10-2-4-17(12-18)19(16)21/h5-8,11-13H,1-4,9-10H2. The van der Waals surface area contributed by atoms with E-state index in [0.29, 0.717) is 11.1 Å². The van der Waals surface area contributed by atoms with E-state index >= 15 is 0 Å². The largest absolute Gasteiger partial charge is 0.371 e. The van der Waals surface area contributed by atoms with Gasteiger partial charge >= 0.3 is 0 Å². The average molecular weight is 305 g/mol. The predicted octanol–water partition coefficient (Wildman–Crippen LogP) is 3.43. The van der Waals surface area contributed by atoms with Gasteiger partial charge in [0.2, 0.25) is 0 Å². The summed E-state index contributed by atoms with van der Waals surface area (Å²) < 4.78 is 0. The normalized spacial score (nSPS) is 15.9. The molecule has 2 aromatic rings. The van der Waals surface area contributed by atoms with Crippen LogP contribution in [0.2, 0.25) is 0 Å². The van der Waals surface area contributed by atoms with Crippen LogP contribution >= 0.6 is 0 Å². The van der Waals surface area contributed by atoms with Crippen LogP contribution in [0.1, 0.15) is 50.2 Å². The lowest BCUT2D eigenvalue weighted by Crippen LogP contribution is -2.34. The smallest absolute Gasteiger partial charge is 0.193 e. The Balaban J connectivity index is 1.74. The molecule has 4 rings (SSSR count). The van der Waals surface area contributed by atoms with Crippen molar-refractivity contribution in [3.05, 3.63) is 64.2 Å². The van der Waals surface area contributed by atoms with Crippen molar-refractivity contribution in [3.63, 3.8) is 0 Å². The Bertz CT molecular complexity index is 746. The predicted molar refractivity (Wildman–Crippen MR) is 90.6 cm³/mol. The monoisotopic (exact) mass is 305 g/mol. The van der Waals surface area contributed by atoms with E-state index in [1.165, 1.54) is 16.8 Å². The van der Waals surface area contributed by atoms with E-state index in [9.17, 15) is 9.59 Å². The topological polar surface area (TPSA) is 37.4 Å². The molecular formula is C20H19NO2. The van der Waals surface area contributed by atoms with Gasteiger partial charge in [-0.05, 0) is 48.9 Å². The van der Waals surface area contributed by atoms with Gasteiger partial charge in [0.05, 0.1) is 0 Å². The van der Waals surface area contributed by atoms with Crippen LogP contribution in [0, 0.1) is 0 Å². The summed E-state index contributed by atoms with van der Waals surface area (Å²) in [5.41, 5.74) is 6.04. The van der Waals surface area contributed by atoms with Crippen LogP contribution in [0.15, 0.2) is 36.4 Å². The van der Waals surface area contributed by atoms with Gasteiger partial charge in [0.25, 0.3) is 0 Å². The number of hydrogen-bond donors (Lipinski definition) is 0. The molecule has 2 aliphatic rings. The van der Waals surface area contributed by atoms with Crippen molar-refractivity contribution in [1.29, 1.82) is 0 Å². The van der Waals surface area contributed by atoms with E-state index < -0.39 is 0 Å². The van der Waals surface area contributed by atoms with Crippen molar-refractivity contribution < 1.29 is 9.59 Å². The molecular weight excluding hydrogens is 286 g/mol. The summed E-state index contributed by atoms with van der Waals surface area (Å²) in [5.74, 6) is 0.0456. The zero-order valence-corrected chi connectivity index (χ0v) is 13.0. The molecule has 0 radical (unpaired) electrons. The summed E-state index contributed by atoms with van der Waals surface area (Å²) in [7, 11) is 0. The molecule has 2 aliphatic heterocycles. The second kappa shape index (κ2) is 5.65. The summed E-state index contributed by atoms with van der Waals surface area (Å²) in [6, 6.07) is 11.0. The van der Waals surface area contributed by atoms with E-state index in [0.717, 1.165) is 50.6 Å². The molecule has 0 bridgehead atoms. The third kappa shape index (κ3) is 2.46. The summed E-state index contributed by atoms with van der Waals surface area (Å²) in [6.45, 7) is 2.28. The Morgan fingerprint density at radius 2 is 1.52 bits per heavy atom. The van der Waals surface area contributed by atoms with Crippen LogP contribution in [0.25, 0.3) is 0 Å². The molecule has 0 saturated carbocycles. The average Bonchev–Trinajstić information content (AvgIpc) is 2.61. The van der Waals surface area contributed by atoms with Crippen molar-refractivity contribution in [3.8, 4) is 0 Å². The number of aldehydes is 1. The van der Waals surface area contributed by atoms with Gasteiger partial charge in [-0.1, -0.05) is 24.3 Å². The van der Waals surface area contributed by atoms with Crippen molar-refractivity contribution in [1.82, 2.24) is 0 Å². The van der Waals surface area contributed by atoms with Crippen molar-refractivity contribution >= 4 is 17.8 Å². The Morgan fingerprint density at radius 3 is 2.09 bits per heavy atom. The van der Waals surface area contributed by atoms with Crippen molar-refractivity contribution in [2.45, 2.75) is 25.7 Å². The second-order valence-corrected chi connectivity index (χ2v) is 6.41. The van der Waals surface area contributed by atoms with Crippen LogP contribution in [0.4, 0.5) is 5.69 Å². The minimum atomic E-state index is 0.0456. The maximum atomic E-state index is 12.8. The van der Waals surface area contributed by atoms with Crippen LogP contribution in [0.5, 0.6) is 0 Å². The van der Waals surface area contributed by atoms with Gasteiger partial charge in [0, 0.05) is 35.5 Å². The van der Waals surface area contributed by atoms with Crippen molar-refractivity contribution in [2.75, 3.05) is 18.0 Å². The molecule has 2 heterocycles. The molecule has 0 N–H and O–H groups in total. The fourth-order valence-electron chi connectivity index (χ4n) is 3.81. The van der Waals surface area contributed by atoms with Gasteiger partial charge in [0.15, 0.2) is 5.78 Å². The second-order valence-electron chi connectivity index (χ2n) is 6.41. The fourth-order valence-corrected chi connectivity index (χ4v) is 3.81. The highest BCUT2D eigenvalue weighted by Gasteiger charge is 2.25. The molecule has 0 aliphatic carbocycles. The molecule has 3 nitrogen and oxygen atoms in total. The van der Waals surface area contributed by atoms with E-state index in [2.05, 4.69) is 17.0 Å². The third-order valence-electron chi connectivity index (χ3n) is 4.90. The van der Waals surface area contributed by atoms with E-state index in [4.69, 9.17) is 0 Å². The Labute approximate surface area is 135 Å². The first-order valence-electron chi connectivity index (χ1n) is 8.27. The molecule has 3 heteroatoms. The SMILES string of the molecule is O=Cc1ccc(C(=O)c2cc3c4c(c2)CCCN4CCC3)cc1. The lowest BCUT2D eigenvalue weighted by atomic mass is 9.88. The number of benzene rings is 2. The molecule has 0 spiro atoms. The van der Waals surface area contributed by atoms with Crippen LogP contribution in [0.3, 0.4) is 0 Å². The van der Waals surface area contributed by atoms with E-state index in [1.807, 2.05) is 0 Å². The maximum Gasteiger partial charge on any atom is 0.193 e.